The summed E-state index contributed by atoms with van der Waals surface area (Å²) in [5, 5.41) is 15.7. The normalized spacial score (nSPS) is 13.2. The number of hydrogen-bond acceptors (Lipinski definition) is 11. The van der Waals surface area contributed by atoms with E-state index in [9.17, 15) is 19.2 Å². The fourth-order valence-corrected chi connectivity index (χ4v) is 6.93. The van der Waals surface area contributed by atoms with Gasteiger partial charge in [-0.05, 0) is 63.4 Å². The van der Waals surface area contributed by atoms with E-state index in [1.54, 1.807) is 45.0 Å². The molecular weight excluding hydrogens is 642 g/mol. The lowest BCUT2D eigenvalue weighted by atomic mass is 9.95. The van der Waals surface area contributed by atoms with Crippen LogP contribution >= 0.6 is 34.7 Å². The standard InChI is InChI=1S/C30H36ClN5O7S2/c1-4-41-28(39)25-18(3)26(29(40)42-5-2)45-27(25)33-24(38)17-44-30-35-34-22(36(30)20-9-7-6-8-10-20)15-32-23(37)16-43-21-13-11-19(31)12-14-21/h11-14,20H,4-10,15-17H2,1-3H3,(H,32,37)(H,33,38). The first-order valence-electron chi connectivity index (χ1n) is 14.7. The molecule has 0 saturated heterocycles. The number of thioether (sulfide) groups is 1. The number of carbonyl (C=O) groups excluding carboxylic acids is 4. The average Bonchev–Trinajstić information content (AvgIpc) is 3.59. The first-order chi connectivity index (χ1) is 21.7. The number of hydrogen-bond donors (Lipinski definition) is 2. The molecule has 12 nitrogen and oxygen atoms in total. The molecule has 0 aliphatic heterocycles. The van der Waals surface area contributed by atoms with Crippen LogP contribution in [0.25, 0.3) is 0 Å². The van der Waals surface area contributed by atoms with Crippen molar-refractivity contribution in [3.63, 3.8) is 0 Å². The molecule has 0 unspecified atom stereocenters. The number of nitrogens with zero attached hydrogens (tertiary/aromatic N) is 3. The van der Waals surface area contributed by atoms with E-state index in [1.807, 2.05) is 4.57 Å². The third-order valence-corrected chi connectivity index (χ3v) is 9.36. The lowest BCUT2D eigenvalue weighted by molar-refractivity contribution is -0.123. The molecule has 0 radical (unpaired) electrons. The molecule has 242 valence electrons. The van der Waals surface area contributed by atoms with Crippen LogP contribution in [0.1, 0.15) is 83.4 Å². The zero-order valence-corrected chi connectivity index (χ0v) is 27.7. The molecule has 1 aliphatic carbocycles. The molecule has 0 spiro atoms. The molecular formula is C30H36ClN5O7S2. The number of aromatic nitrogens is 3. The average molecular weight is 678 g/mol. The van der Waals surface area contributed by atoms with Crippen molar-refractivity contribution >= 4 is 63.5 Å². The van der Waals surface area contributed by atoms with Crippen molar-refractivity contribution in [3.8, 4) is 5.75 Å². The lowest BCUT2D eigenvalue weighted by Crippen LogP contribution is -2.30. The maximum atomic E-state index is 13.1. The second-order valence-electron chi connectivity index (χ2n) is 10.1. The number of benzene rings is 1. The topological polar surface area (TPSA) is 151 Å². The van der Waals surface area contributed by atoms with Gasteiger partial charge in [0.25, 0.3) is 5.91 Å². The van der Waals surface area contributed by atoms with Gasteiger partial charge in [0.05, 0.1) is 31.1 Å². The highest BCUT2D eigenvalue weighted by molar-refractivity contribution is 7.99. The Morgan fingerprint density at radius 3 is 2.38 bits per heavy atom. The maximum absolute atomic E-state index is 13.1. The van der Waals surface area contributed by atoms with Crippen molar-refractivity contribution < 1.29 is 33.4 Å². The summed E-state index contributed by atoms with van der Waals surface area (Å²) in [6.07, 6.45) is 5.14. The van der Waals surface area contributed by atoms with Gasteiger partial charge in [0.2, 0.25) is 5.91 Å². The molecule has 1 fully saturated rings. The monoisotopic (exact) mass is 677 g/mol. The van der Waals surface area contributed by atoms with Crippen LogP contribution in [-0.4, -0.2) is 64.1 Å². The summed E-state index contributed by atoms with van der Waals surface area (Å²) in [5.41, 5.74) is 0.522. The molecule has 1 aromatic carbocycles. The molecule has 45 heavy (non-hydrogen) atoms. The van der Waals surface area contributed by atoms with E-state index in [1.165, 1.54) is 11.8 Å². The Morgan fingerprint density at radius 2 is 1.69 bits per heavy atom. The summed E-state index contributed by atoms with van der Waals surface area (Å²) in [5.74, 6) is -0.829. The third kappa shape index (κ3) is 9.21. The van der Waals surface area contributed by atoms with E-state index in [-0.39, 0.29) is 59.5 Å². The predicted octanol–water partition coefficient (Wildman–Crippen LogP) is 5.59. The Labute approximate surface area is 274 Å². The van der Waals surface area contributed by atoms with E-state index < -0.39 is 17.8 Å². The summed E-state index contributed by atoms with van der Waals surface area (Å²) in [4.78, 5) is 51.1. The molecule has 0 bridgehead atoms. The zero-order chi connectivity index (χ0) is 32.3. The fraction of sp³-hybridized carbons (Fsp3) is 0.467. The van der Waals surface area contributed by atoms with Gasteiger partial charge in [-0.15, -0.1) is 21.5 Å². The van der Waals surface area contributed by atoms with Crippen LogP contribution < -0.4 is 15.4 Å². The number of nitrogens with one attached hydrogen (secondary N) is 2. The van der Waals surface area contributed by atoms with Crippen molar-refractivity contribution in [2.45, 2.75) is 70.6 Å². The van der Waals surface area contributed by atoms with Crippen LogP contribution in [0.15, 0.2) is 29.4 Å². The van der Waals surface area contributed by atoms with Crippen LogP contribution in [0.5, 0.6) is 5.75 Å². The van der Waals surface area contributed by atoms with Gasteiger partial charge >= 0.3 is 11.9 Å². The van der Waals surface area contributed by atoms with Gasteiger partial charge in [0.1, 0.15) is 15.6 Å². The van der Waals surface area contributed by atoms with Crippen LogP contribution in [0.2, 0.25) is 5.02 Å². The second-order valence-corrected chi connectivity index (χ2v) is 12.5. The van der Waals surface area contributed by atoms with Crippen molar-refractivity contribution in [3.05, 3.63) is 51.1 Å². The fourth-order valence-electron chi connectivity index (χ4n) is 4.88. The van der Waals surface area contributed by atoms with Crippen molar-refractivity contribution in [2.75, 3.05) is 30.9 Å². The largest absolute Gasteiger partial charge is 0.484 e. The minimum Gasteiger partial charge on any atom is -0.484 e. The number of thiophene rings is 1. The van der Waals surface area contributed by atoms with Crippen molar-refractivity contribution in [2.24, 2.45) is 0 Å². The van der Waals surface area contributed by atoms with Gasteiger partial charge in [-0.2, -0.15) is 0 Å². The molecule has 4 rings (SSSR count). The van der Waals surface area contributed by atoms with Gasteiger partial charge in [0.15, 0.2) is 17.6 Å². The summed E-state index contributed by atoms with van der Waals surface area (Å²) in [7, 11) is 0. The number of ether oxygens (including phenoxy) is 3. The van der Waals surface area contributed by atoms with E-state index in [0.29, 0.717) is 27.3 Å². The summed E-state index contributed by atoms with van der Waals surface area (Å²) in [6, 6.07) is 6.88. The Hall–Kier alpha value is -3.62. The smallest absolute Gasteiger partial charge is 0.348 e. The highest BCUT2D eigenvalue weighted by Gasteiger charge is 2.28. The molecule has 0 atom stereocenters. The highest BCUT2D eigenvalue weighted by atomic mass is 35.5. The van der Waals surface area contributed by atoms with E-state index in [0.717, 1.165) is 43.4 Å². The van der Waals surface area contributed by atoms with Crippen LogP contribution in [0, 0.1) is 6.92 Å². The van der Waals surface area contributed by atoms with E-state index in [4.69, 9.17) is 25.8 Å². The van der Waals surface area contributed by atoms with Gasteiger partial charge in [-0.25, -0.2) is 9.59 Å². The Bertz CT molecular complexity index is 1500. The van der Waals surface area contributed by atoms with Gasteiger partial charge < -0.3 is 29.4 Å². The predicted molar refractivity (Wildman–Crippen MR) is 171 cm³/mol. The molecule has 15 heteroatoms. The molecule has 2 N–H and O–H groups in total. The summed E-state index contributed by atoms with van der Waals surface area (Å²) >= 11 is 8.08. The minimum atomic E-state index is -0.632. The SMILES string of the molecule is CCOC(=O)c1sc(NC(=O)CSc2nnc(CNC(=O)COc3ccc(Cl)cc3)n2C2CCCCC2)c(C(=O)OCC)c1C. The Morgan fingerprint density at radius 1 is 1.00 bits per heavy atom. The number of anilines is 1. The summed E-state index contributed by atoms with van der Waals surface area (Å²) < 4.78 is 17.8. The van der Waals surface area contributed by atoms with Crippen LogP contribution in [0.4, 0.5) is 5.00 Å². The minimum absolute atomic E-state index is 0.0277. The maximum Gasteiger partial charge on any atom is 0.348 e. The first-order valence-corrected chi connectivity index (χ1v) is 16.9. The number of rotatable bonds is 14. The number of halogens is 1. The van der Waals surface area contributed by atoms with Crippen LogP contribution in [0.3, 0.4) is 0 Å². The molecule has 2 heterocycles. The number of carbonyl (C=O) groups is 4. The van der Waals surface area contributed by atoms with E-state index >= 15 is 0 Å². The van der Waals surface area contributed by atoms with Crippen molar-refractivity contribution in [1.82, 2.24) is 20.1 Å². The third-order valence-electron chi connectivity index (χ3n) is 6.97. The molecule has 3 aromatic rings. The van der Waals surface area contributed by atoms with Crippen molar-refractivity contribution in [1.29, 1.82) is 0 Å². The first kappa shape index (κ1) is 34.3. The molecule has 2 amide bonds. The summed E-state index contributed by atoms with van der Waals surface area (Å²) in [6.45, 7) is 5.28. The molecule has 2 aromatic heterocycles. The van der Waals surface area contributed by atoms with Gasteiger partial charge in [-0.1, -0.05) is 42.6 Å². The Kier molecular flexibility index (Phi) is 12.7. The Balaban J connectivity index is 1.43. The van der Waals surface area contributed by atoms with Gasteiger partial charge in [0, 0.05) is 11.1 Å². The lowest BCUT2D eigenvalue weighted by Gasteiger charge is -2.25. The molecule has 1 saturated carbocycles. The van der Waals surface area contributed by atoms with E-state index in [2.05, 4.69) is 20.8 Å². The second kappa shape index (κ2) is 16.6. The molecule has 1 aliphatic rings. The number of esters is 2. The zero-order valence-electron chi connectivity index (χ0n) is 25.4. The number of amides is 2. The highest BCUT2D eigenvalue weighted by Crippen LogP contribution is 2.35. The quantitative estimate of drug-likeness (QED) is 0.163. The van der Waals surface area contributed by atoms with Gasteiger partial charge in [-0.3, -0.25) is 9.59 Å². The van der Waals surface area contributed by atoms with Crippen LogP contribution in [-0.2, 0) is 25.6 Å².